The van der Waals surface area contributed by atoms with E-state index in [1.54, 1.807) is 42.5 Å². The maximum Gasteiger partial charge on any atom is 0.513 e. The number of esters is 1. The van der Waals surface area contributed by atoms with Crippen molar-refractivity contribution in [2.24, 2.45) is 0 Å². The van der Waals surface area contributed by atoms with Crippen molar-refractivity contribution in [2.75, 3.05) is 14.2 Å². The molecule has 3 aromatic rings. The van der Waals surface area contributed by atoms with Crippen molar-refractivity contribution < 1.29 is 28.5 Å². The monoisotopic (exact) mass is 392 g/mol. The number of ether oxygens (including phenoxy) is 4. The van der Waals surface area contributed by atoms with Gasteiger partial charge >= 0.3 is 12.1 Å². The van der Waals surface area contributed by atoms with Crippen LogP contribution < -0.4 is 9.47 Å². The van der Waals surface area contributed by atoms with Gasteiger partial charge in [-0.25, -0.2) is 9.59 Å². The van der Waals surface area contributed by atoms with Crippen LogP contribution in [0.5, 0.6) is 11.5 Å². The lowest BCUT2D eigenvalue weighted by Gasteiger charge is -2.10. The fourth-order valence-electron chi connectivity index (χ4n) is 2.72. The van der Waals surface area contributed by atoms with Crippen LogP contribution >= 0.6 is 0 Å². The van der Waals surface area contributed by atoms with Crippen LogP contribution in [0.15, 0.2) is 72.8 Å². The summed E-state index contributed by atoms with van der Waals surface area (Å²) in [5.41, 5.74) is 3.22. The molecule has 0 N–H and O–H groups in total. The average Bonchev–Trinajstić information content (AvgIpc) is 2.77. The average molecular weight is 392 g/mol. The first-order valence-corrected chi connectivity index (χ1v) is 8.85. The molecule has 29 heavy (non-hydrogen) atoms. The van der Waals surface area contributed by atoms with Gasteiger partial charge in [-0.05, 0) is 53.1 Å². The van der Waals surface area contributed by atoms with Crippen molar-refractivity contribution in [3.8, 4) is 22.6 Å². The van der Waals surface area contributed by atoms with Crippen molar-refractivity contribution in [1.82, 2.24) is 0 Å². The van der Waals surface area contributed by atoms with Crippen molar-refractivity contribution >= 4 is 12.1 Å². The summed E-state index contributed by atoms with van der Waals surface area (Å²) in [5.74, 6) is 0.564. The van der Waals surface area contributed by atoms with Crippen molar-refractivity contribution in [1.29, 1.82) is 0 Å². The Morgan fingerprint density at radius 1 is 0.759 bits per heavy atom. The van der Waals surface area contributed by atoms with Crippen molar-refractivity contribution in [3.63, 3.8) is 0 Å². The number of hydrogen-bond donors (Lipinski definition) is 0. The topological polar surface area (TPSA) is 71.1 Å². The van der Waals surface area contributed by atoms with Gasteiger partial charge in [-0.15, -0.1) is 0 Å². The SMILES string of the molecule is COC(=O)Oc1cccc(-c2cccc(COc3cccc(C(=O)OC)c3)c2)c1. The van der Waals surface area contributed by atoms with Gasteiger partial charge in [0.25, 0.3) is 0 Å². The molecule has 3 rings (SSSR count). The van der Waals surface area contributed by atoms with Crippen LogP contribution in [0, 0.1) is 0 Å². The van der Waals surface area contributed by atoms with Gasteiger partial charge in [0.1, 0.15) is 18.1 Å². The third kappa shape index (κ3) is 5.35. The molecule has 0 saturated heterocycles. The van der Waals surface area contributed by atoms with Gasteiger partial charge < -0.3 is 18.9 Å². The Hall–Kier alpha value is -3.80. The lowest BCUT2D eigenvalue weighted by atomic mass is 10.0. The van der Waals surface area contributed by atoms with Crippen LogP contribution in [0.25, 0.3) is 11.1 Å². The van der Waals surface area contributed by atoms with Gasteiger partial charge in [0.2, 0.25) is 0 Å². The number of methoxy groups -OCH3 is 2. The molecule has 3 aromatic carbocycles. The second kappa shape index (κ2) is 9.41. The smallest absolute Gasteiger partial charge is 0.489 e. The summed E-state index contributed by atoms with van der Waals surface area (Å²) >= 11 is 0. The van der Waals surface area contributed by atoms with E-state index in [1.807, 2.05) is 30.3 Å². The summed E-state index contributed by atoms with van der Waals surface area (Å²) in [6.07, 6.45) is -0.765. The highest BCUT2D eigenvalue weighted by Crippen LogP contribution is 2.25. The van der Waals surface area contributed by atoms with Gasteiger partial charge in [0.05, 0.1) is 19.8 Å². The summed E-state index contributed by atoms with van der Waals surface area (Å²) in [6, 6.07) is 21.8. The Morgan fingerprint density at radius 2 is 1.45 bits per heavy atom. The second-order valence-corrected chi connectivity index (χ2v) is 6.09. The first-order valence-electron chi connectivity index (χ1n) is 8.85. The number of benzene rings is 3. The Labute approximate surface area is 168 Å². The minimum Gasteiger partial charge on any atom is -0.489 e. The van der Waals surface area contributed by atoms with Crippen LogP contribution in [0.1, 0.15) is 15.9 Å². The molecule has 0 atom stereocenters. The molecule has 0 aliphatic heterocycles. The minimum absolute atomic E-state index is 0.330. The molecular formula is C23H20O6. The zero-order valence-corrected chi connectivity index (χ0v) is 16.1. The number of carbonyl (C=O) groups is 2. The van der Waals surface area contributed by atoms with Crippen LogP contribution in [0.4, 0.5) is 4.79 Å². The van der Waals surface area contributed by atoms with Gasteiger partial charge in [-0.3, -0.25) is 0 Å². The molecule has 0 bridgehead atoms. The minimum atomic E-state index is -0.765. The van der Waals surface area contributed by atoms with E-state index in [2.05, 4.69) is 4.74 Å². The fraction of sp³-hybridized carbons (Fsp3) is 0.130. The van der Waals surface area contributed by atoms with Crippen molar-refractivity contribution in [3.05, 3.63) is 83.9 Å². The Balaban J connectivity index is 1.73. The third-order valence-corrected chi connectivity index (χ3v) is 4.12. The summed E-state index contributed by atoms with van der Waals surface area (Å²) in [4.78, 5) is 22.9. The highest BCUT2D eigenvalue weighted by atomic mass is 16.7. The first kappa shape index (κ1) is 19.9. The number of rotatable bonds is 6. The first-order chi connectivity index (χ1) is 14.1. The molecule has 0 heterocycles. The molecule has 0 fully saturated rings. The van der Waals surface area contributed by atoms with Gasteiger partial charge in [-0.2, -0.15) is 0 Å². The summed E-state index contributed by atoms with van der Waals surface area (Å²) < 4.78 is 20.1. The van der Waals surface area contributed by atoms with Gasteiger partial charge in [0, 0.05) is 0 Å². The second-order valence-electron chi connectivity index (χ2n) is 6.09. The van der Waals surface area contributed by atoms with E-state index in [4.69, 9.17) is 14.2 Å². The molecule has 0 aromatic heterocycles. The van der Waals surface area contributed by atoms with Crippen LogP contribution in [0.2, 0.25) is 0 Å². The van der Waals surface area contributed by atoms with Crippen molar-refractivity contribution in [2.45, 2.75) is 6.61 Å². The summed E-state index contributed by atoms with van der Waals surface area (Å²) in [6.45, 7) is 0.330. The zero-order chi connectivity index (χ0) is 20.6. The van der Waals surface area contributed by atoms with Crippen LogP contribution in [-0.4, -0.2) is 26.3 Å². The Kier molecular flexibility index (Phi) is 6.47. The highest BCUT2D eigenvalue weighted by Gasteiger charge is 2.08. The van der Waals surface area contributed by atoms with E-state index in [9.17, 15) is 9.59 Å². The van der Waals surface area contributed by atoms with Crippen LogP contribution in [0.3, 0.4) is 0 Å². The normalized spacial score (nSPS) is 10.1. The molecule has 0 spiro atoms. The van der Waals surface area contributed by atoms with E-state index in [1.165, 1.54) is 14.2 Å². The summed E-state index contributed by atoms with van der Waals surface area (Å²) in [7, 11) is 2.60. The fourth-order valence-corrected chi connectivity index (χ4v) is 2.72. The Bertz CT molecular complexity index is 1010. The molecule has 0 amide bonds. The quantitative estimate of drug-likeness (QED) is 0.440. The largest absolute Gasteiger partial charge is 0.513 e. The predicted octanol–water partition coefficient (Wildman–Crippen LogP) is 4.86. The lowest BCUT2D eigenvalue weighted by molar-refractivity contribution is 0.0600. The molecule has 0 saturated carbocycles. The highest BCUT2D eigenvalue weighted by molar-refractivity contribution is 5.89. The van der Waals surface area contributed by atoms with E-state index in [-0.39, 0.29) is 0 Å². The molecule has 0 unspecified atom stereocenters. The third-order valence-electron chi connectivity index (χ3n) is 4.12. The maximum absolute atomic E-state index is 11.6. The molecule has 6 heteroatoms. The molecular weight excluding hydrogens is 372 g/mol. The lowest BCUT2D eigenvalue weighted by Crippen LogP contribution is -2.07. The molecule has 0 radical (unpaired) electrons. The number of carbonyl (C=O) groups excluding carboxylic acids is 2. The zero-order valence-electron chi connectivity index (χ0n) is 16.1. The summed E-state index contributed by atoms with van der Waals surface area (Å²) in [5, 5.41) is 0. The van der Waals surface area contributed by atoms with E-state index in [0.717, 1.165) is 16.7 Å². The van der Waals surface area contributed by atoms with Gasteiger partial charge in [-0.1, -0.05) is 36.4 Å². The van der Waals surface area contributed by atoms with E-state index in [0.29, 0.717) is 23.7 Å². The predicted molar refractivity (Wildman–Crippen MR) is 107 cm³/mol. The van der Waals surface area contributed by atoms with Gasteiger partial charge in [0.15, 0.2) is 0 Å². The van der Waals surface area contributed by atoms with E-state index < -0.39 is 12.1 Å². The van der Waals surface area contributed by atoms with Crippen LogP contribution in [-0.2, 0) is 16.1 Å². The molecule has 0 aliphatic rings. The molecule has 0 aliphatic carbocycles. The Morgan fingerprint density at radius 3 is 2.21 bits per heavy atom. The van der Waals surface area contributed by atoms with E-state index >= 15 is 0 Å². The number of hydrogen-bond acceptors (Lipinski definition) is 6. The standard InChI is InChI=1S/C23H20O6/c1-26-22(24)19-9-5-10-20(14-19)28-15-16-6-3-7-17(12-16)18-8-4-11-21(13-18)29-23(25)27-2/h3-14H,15H2,1-2H3. The molecule has 148 valence electrons. The maximum atomic E-state index is 11.6. The molecule has 6 nitrogen and oxygen atoms in total.